The third kappa shape index (κ3) is 5.33. The zero-order valence-corrected chi connectivity index (χ0v) is 20.6. The quantitative estimate of drug-likeness (QED) is 0.491. The maximum Gasteiger partial charge on any atom is 0.293 e. The van der Waals surface area contributed by atoms with Crippen molar-refractivity contribution in [3.8, 4) is 5.75 Å². The summed E-state index contributed by atoms with van der Waals surface area (Å²) in [7, 11) is 0.730. The Morgan fingerprint density at radius 2 is 1.74 bits per heavy atom. The minimum atomic E-state index is -2.13. The topological polar surface area (TPSA) is 92.6 Å². The van der Waals surface area contributed by atoms with E-state index in [0.717, 1.165) is 23.1 Å². The van der Waals surface area contributed by atoms with Crippen molar-refractivity contribution >= 4 is 25.0 Å². The second-order valence-electron chi connectivity index (χ2n) is 8.99. The number of Topliss-reactive ketones (excluding diaryl/α,β-unsaturated/α-hetero) is 1. The molecule has 1 atom stereocenters. The Bertz CT molecular complexity index is 1260. The molecule has 3 aromatic rings. The first-order valence-electron chi connectivity index (χ1n) is 10.5. The van der Waals surface area contributed by atoms with Crippen molar-refractivity contribution in [2.75, 3.05) is 14.2 Å². The van der Waals surface area contributed by atoms with Crippen molar-refractivity contribution in [2.45, 2.75) is 32.1 Å². The maximum absolute atomic E-state index is 14.9. The molecule has 2 aromatic carbocycles. The largest absolute Gasteiger partial charge is 0.497 e. The average molecular weight is 489 g/mol. The van der Waals surface area contributed by atoms with Crippen LogP contribution in [0.5, 0.6) is 5.75 Å². The molecule has 0 unspecified atom stereocenters. The summed E-state index contributed by atoms with van der Waals surface area (Å²) in [5.41, 5.74) is -0.278. The van der Waals surface area contributed by atoms with Crippen molar-refractivity contribution in [3.63, 3.8) is 0 Å². The first-order valence-corrected chi connectivity index (χ1v) is 14.0. The highest BCUT2D eigenvalue weighted by Crippen LogP contribution is 2.27. The number of amides is 1. The summed E-state index contributed by atoms with van der Waals surface area (Å²) in [5.74, 6) is -2.24. The van der Waals surface area contributed by atoms with Crippen LogP contribution in [0.3, 0.4) is 0 Å². The molecule has 0 aliphatic heterocycles. The van der Waals surface area contributed by atoms with Gasteiger partial charge in [0.1, 0.15) is 23.4 Å². The molecule has 1 aromatic heterocycles. The van der Waals surface area contributed by atoms with Gasteiger partial charge in [0, 0.05) is 13.5 Å². The fourth-order valence-corrected chi connectivity index (χ4v) is 5.02. The third-order valence-corrected chi connectivity index (χ3v) is 7.49. The van der Waals surface area contributed by atoms with Gasteiger partial charge in [0.25, 0.3) is 11.5 Å². The van der Waals surface area contributed by atoms with Crippen LogP contribution in [0.2, 0.25) is 19.6 Å². The molecule has 0 saturated carbocycles. The smallest absolute Gasteiger partial charge is 0.293 e. The van der Waals surface area contributed by atoms with Crippen LogP contribution in [0.15, 0.2) is 51.8 Å². The fraction of sp³-hybridized carbons (Fsp3) is 0.292. The van der Waals surface area contributed by atoms with Gasteiger partial charge in [0.2, 0.25) is 5.76 Å². The summed E-state index contributed by atoms with van der Waals surface area (Å²) in [6.07, 6.45) is -0.444. The van der Waals surface area contributed by atoms with Crippen LogP contribution in [0.25, 0.3) is 0 Å². The number of methoxy groups -OCH3 is 1. The van der Waals surface area contributed by atoms with Gasteiger partial charge in [-0.2, -0.15) is 5.16 Å². The van der Waals surface area contributed by atoms with Crippen LogP contribution in [0, 0.1) is 11.6 Å². The van der Waals surface area contributed by atoms with Gasteiger partial charge in [-0.1, -0.05) is 31.8 Å². The number of benzene rings is 2. The number of aromatic amines is 1. The van der Waals surface area contributed by atoms with E-state index in [9.17, 15) is 23.2 Å². The van der Waals surface area contributed by atoms with Crippen molar-refractivity contribution in [2.24, 2.45) is 0 Å². The molecule has 1 N–H and O–H groups in total. The van der Waals surface area contributed by atoms with Gasteiger partial charge >= 0.3 is 0 Å². The highest BCUT2D eigenvalue weighted by atomic mass is 28.3. The molecule has 3 rings (SSSR count). The van der Waals surface area contributed by atoms with Crippen molar-refractivity contribution in [3.05, 3.63) is 81.3 Å². The van der Waals surface area contributed by atoms with Gasteiger partial charge in [-0.25, -0.2) is 8.78 Å². The number of rotatable bonds is 8. The highest BCUT2D eigenvalue weighted by molar-refractivity contribution is 6.88. The molecule has 0 saturated heterocycles. The normalized spacial score (nSPS) is 12.3. The van der Waals surface area contributed by atoms with Gasteiger partial charge < -0.3 is 14.2 Å². The van der Waals surface area contributed by atoms with Crippen LogP contribution in [0.4, 0.5) is 8.78 Å². The summed E-state index contributed by atoms with van der Waals surface area (Å²) in [5, 5.41) is 2.37. The molecular weight excluding hydrogens is 462 g/mol. The molecule has 7 nitrogen and oxygen atoms in total. The summed E-state index contributed by atoms with van der Waals surface area (Å²) < 4.78 is 39.6. The number of aromatic nitrogens is 1. The Morgan fingerprint density at radius 3 is 2.26 bits per heavy atom. The van der Waals surface area contributed by atoms with E-state index < -0.39 is 49.4 Å². The van der Waals surface area contributed by atoms with Crippen molar-refractivity contribution in [1.82, 2.24) is 10.1 Å². The van der Waals surface area contributed by atoms with Crippen molar-refractivity contribution < 1.29 is 27.6 Å². The molecular formula is C24H26F2N2O5Si. The monoisotopic (exact) mass is 488 g/mol. The van der Waals surface area contributed by atoms with Gasteiger partial charge in [-0.15, -0.1) is 0 Å². The van der Waals surface area contributed by atoms with E-state index in [1.165, 1.54) is 14.2 Å². The van der Waals surface area contributed by atoms with Gasteiger partial charge in [0.15, 0.2) is 5.78 Å². The molecule has 0 aliphatic rings. The number of nitrogens with zero attached hydrogens (tertiary/aromatic N) is 1. The average Bonchev–Trinajstić information content (AvgIpc) is 3.21. The van der Waals surface area contributed by atoms with Crippen LogP contribution in [-0.2, 0) is 11.2 Å². The summed E-state index contributed by atoms with van der Waals surface area (Å²) in [6, 6.07) is 8.47. The molecule has 0 bridgehead atoms. The number of nitrogens with one attached hydrogen (secondary N) is 1. The number of H-pyrrole nitrogens is 1. The number of likely N-dealkylation sites (N-methyl/N-ethyl adjacent to an activating group) is 1. The number of carbonyl (C=O) groups is 2. The minimum absolute atomic E-state index is 0.1000. The van der Waals surface area contributed by atoms with E-state index in [-0.39, 0.29) is 11.3 Å². The zero-order valence-electron chi connectivity index (χ0n) is 19.6. The van der Waals surface area contributed by atoms with E-state index in [1.807, 2.05) is 24.8 Å². The summed E-state index contributed by atoms with van der Waals surface area (Å²) in [4.78, 5) is 38.8. The van der Waals surface area contributed by atoms with E-state index in [4.69, 9.17) is 9.26 Å². The Morgan fingerprint density at radius 1 is 1.09 bits per heavy atom. The Hall–Kier alpha value is -3.53. The first-order chi connectivity index (χ1) is 15.9. The standard InChI is InChI=1S/C24H26F2N2O5Si/c1-28(24(31)20-13-22(30)27-33-20)23(14-6-8-16(32-2)9-7-14)19(29)11-15-10-18(26)21(12-17(15)25)34(3,4)5/h6-10,12-13,23H,11H2,1-5H3,(H,27,30)/t23-/m0/s1. The molecule has 180 valence electrons. The number of ether oxygens (including phenoxy) is 1. The number of carbonyl (C=O) groups excluding carboxylic acids is 2. The maximum atomic E-state index is 14.9. The lowest BCUT2D eigenvalue weighted by Gasteiger charge is -2.27. The van der Waals surface area contributed by atoms with Crippen LogP contribution < -0.4 is 15.5 Å². The predicted molar refractivity (Wildman–Crippen MR) is 125 cm³/mol. The first kappa shape index (κ1) is 25.1. The molecule has 0 aliphatic carbocycles. The SMILES string of the molecule is COc1ccc([C@@H](C(=O)Cc2cc(F)c([Si](C)(C)C)cc2F)N(C)C(=O)c2cc(=O)[nH]o2)cc1. The molecule has 0 spiro atoms. The van der Waals surface area contributed by atoms with Gasteiger partial charge in [-0.05, 0) is 40.6 Å². The van der Waals surface area contributed by atoms with Crippen LogP contribution >= 0.6 is 0 Å². The molecule has 34 heavy (non-hydrogen) atoms. The molecule has 10 heteroatoms. The zero-order chi connectivity index (χ0) is 25.2. The van der Waals surface area contributed by atoms with Crippen LogP contribution in [0.1, 0.15) is 27.7 Å². The number of ketones is 1. The fourth-order valence-electron chi connectivity index (χ4n) is 3.67. The molecule has 1 amide bonds. The summed E-state index contributed by atoms with van der Waals surface area (Å²) >= 11 is 0. The highest BCUT2D eigenvalue weighted by Gasteiger charge is 2.32. The van der Waals surface area contributed by atoms with E-state index in [1.54, 1.807) is 24.3 Å². The lowest BCUT2D eigenvalue weighted by Crippen LogP contribution is -2.40. The second kappa shape index (κ2) is 9.76. The minimum Gasteiger partial charge on any atom is -0.497 e. The van der Waals surface area contributed by atoms with E-state index >= 15 is 0 Å². The van der Waals surface area contributed by atoms with Gasteiger partial charge in [-0.3, -0.25) is 14.4 Å². The lowest BCUT2D eigenvalue weighted by molar-refractivity contribution is -0.122. The van der Waals surface area contributed by atoms with Crippen molar-refractivity contribution in [1.29, 1.82) is 0 Å². The molecule has 1 heterocycles. The predicted octanol–water partition coefficient (Wildman–Crippen LogP) is 3.43. The number of hydrogen-bond acceptors (Lipinski definition) is 5. The Balaban J connectivity index is 1.98. The Kier molecular flexibility index (Phi) is 7.20. The van der Waals surface area contributed by atoms with E-state index in [0.29, 0.717) is 16.5 Å². The number of hydrogen-bond donors (Lipinski definition) is 1. The second-order valence-corrected chi connectivity index (χ2v) is 14.0. The molecule has 0 fully saturated rings. The molecule has 0 radical (unpaired) electrons. The van der Waals surface area contributed by atoms with Gasteiger partial charge in [0.05, 0.1) is 21.3 Å². The van der Waals surface area contributed by atoms with Crippen LogP contribution in [-0.4, -0.2) is 44.0 Å². The van der Waals surface area contributed by atoms with E-state index in [2.05, 4.69) is 0 Å². The lowest BCUT2D eigenvalue weighted by atomic mass is 9.95. The number of halogens is 2. The third-order valence-electron chi connectivity index (χ3n) is 5.49. The Labute approximate surface area is 196 Å². The summed E-state index contributed by atoms with van der Waals surface area (Å²) in [6.45, 7) is 5.69.